The van der Waals surface area contributed by atoms with E-state index in [1.807, 2.05) is 36.4 Å². The van der Waals surface area contributed by atoms with Crippen molar-refractivity contribution in [3.05, 3.63) is 90.0 Å². The van der Waals surface area contributed by atoms with E-state index in [4.69, 9.17) is 4.74 Å². The summed E-state index contributed by atoms with van der Waals surface area (Å²) in [5.74, 6) is -2.08. The van der Waals surface area contributed by atoms with Gasteiger partial charge in [0.05, 0.1) is 10.5 Å². The molecule has 12 heteroatoms. The Kier molecular flexibility index (Phi) is 8.21. The molecule has 1 unspecified atom stereocenters. The number of benzene rings is 3. The Hall–Kier alpha value is -3.65. The molecule has 1 aliphatic rings. The topological polar surface area (TPSA) is 182 Å². The molecule has 0 spiro atoms. The van der Waals surface area contributed by atoms with Gasteiger partial charge in [-0.25, -0.2) is 17.9 Å². The smallest absolute Gasteiger partial charge is 0.337 e. The zero-order valence-corrected chi connectivity index (χ0v) is 20.7. The predicted molar refractivity (Wildman–Crippen MR) is 135 cm³/mol. The van der Waals surface area contributed by atoms with E-state index in [2.05, 4.69) is 10.0 Å². The highest BCUT2D eigenvalue weighted by atomic mass is 32.2. The number of aliphatic hydroxyl groups excluding tert-OH is 3. The maximum absolute atomic E-state index is 12.9. The molecule has 1 heterocycles. The average molecular weight is 543 g/mol. The number of carbonyl (C=O) groups excluding carboxylic acids is 1. The zero-order valence-electron chi connectivity index (χ0n) is 19.8. The van der Waals surface area contributed by atoms with Crippen molar-refractivity contribution in [2.75, 3.05) is 6.54 Å². The number of carbonyl (C=O) groups is 2. The molecule has 0 saturated carbocycles. The van der Waals surface area contributed by atoms with Gasteiger partial charge in [0.1, 0.15) is 24.4 Å². The molecule has 0 aromatic heterocycles. The highest BCUT2D eigenvalue weighted by Crippen LogP contribution is 2.23. The van der Waals surface area contributed by atoms with Gasteiger partial charge >= 0.3 is 5.97 Å². The van der Waals surface area contributed by atoms with E-state index in [0.717, 1.165) is 23.3 Å². The van der Waals surface area contributed by atoms with Crippen LogP contribution in [0.1, 0.15) is 20.7 Å². The number of aliphatic hydroxyl groups is 3. The molecule has 200 valence electrons. The Morgan fingerprint density at radius 3 is 2.21 bits per heavy atom. The van der Waals surface area contributed by atoms with Crippen LogP contribution in [0, 0.1) is 0 Å². The summed E-state index contributed by atoms with van der Waals surface area (Å²) in [5.41, 5.74) is 1.45. The lowest BCUT2D eigenvalue weighted by Gasteiger charge is -2.41. The first kappa shape index (κ1) is 27.4. The third-order valence-electron chi connectivity index (χ3n) is 6.13. The minimum Gasteiger partial charge on any atom is -0.478 e. The molecule has 0 aliphatic carbocycles. The molecule has 11 nitrogen and oxygen atoms in total. The van der Waals surface area contributed by atoms with Crippen LogP contribution in [-0.2, 0) is 14.8 Å². The van der Waals surface area contributed by atoms with Gasteiger partial charge in [-0.3, -0.25) is 4.79 Å². The number of nitrogens with one attached hydrogen (secondary N) is 2. The van der Waals surface area contributed by atoms with Crippen molar-refractivity contribution in [2.45, 2.75) is 35.5 Å². The molecule has 38 heavy (non-hydrogen) atoms. The van der Waals surface area contributed by atoms with Crippen LogP contribution in [-0.4, -0.2) is 77.9 Å². The first-order valence-electron chi connectivity index (χ1n) is 11.6. The lowest BCUT2D eigenvalue weighted by atomic mass is 9.96. The van der Waals surface area contributed by atoms with Crippen molar-refractivity contribution in [1.82, 2.24) is 10.0 Å². The van der Waals surface area contributed by atoms with Crippen LogP contribution in [0.5, 0.6) is 0 Å². The third-order valence-corrected chi connectivity index (χ3v) is 7.61. The summed E-state index contributed by atoms with van der Waals surface area (Å²) in [5, 5.41) is 43.3. The average Bonchev–Trinajstić information content (AvgIpc) is 2.92. The van der Waals surface area contributed by atoms with Crippen LogP contribution in [0.25, 0.3) is 11.1 Å². The fourth-order valence-electron chi connectivity index (χ4n) is 4.12. The summed E-state index contributed by atoms with van der Waals surface area (Å²) < 4.78 is 32.8. The Morgan fingerprint density at radius 1 is 0.842 bits per heavy atom. The molecular formula is C26H26N2O9S. The van der Waals surface area contributed by atoms with Gasteiger partial charge in [0, 0.05) is 12.1 Å². The number of rotatable bonds is 8. The first-order valence-corrected chi connectivity index (χ1v) is 13.0. The minimum absolute atomic E-state index is 0.243. The standard InChI is InChI=1S/C26H26N2O9S/c29-22-19(14-27-38(35,36)20-12-5-4-11-18(20)25(32)33)37-26(34)21(23(22)30)28-24(31)17-10-6-9-16(13-17)15-7-2-1-3-8-15/h1-13,19,21-23,26-27,29-30,34H,14H2,(H,28,31)(H,32,33)/t19-,21-,22-,23-,26?/m1/s1. The minimum atomic E-state index is -4.34. The molecule has 5 atom stereocenters. The maximum atomic E-state index is 12.9. The van der Waals surface area contributed by atoms with Crippen molar-refractivity contribution < 1.29 is 43.2 Å². The number of carboxylic acid groups (broad SMARTS) is 1. The van der Waals surface area contributed by atoms with Crippen LogP contribution in [0.3, 0.4) is 0 Å². The van der Waals surface area contributed by atoms with Crippen LogP contribution in [0.4, 0.5) is 0 Å². The molecule has 3 aromatic carbocycles. The summed E-state index contributed by atoms with van der Waals surface area (Å²) in [6, 6.07) is 19.6. The molecule has 0 radical (unpaired) electrons. The quantitative estimate of drug-likeness (QED) is 0.237. The second kappa shape index (κ2) is 11.4. The fourth-order valence-corrected chi connectivity index (χ4v) is 5.37. The lowest BCUT2D eigenvalue weighted by molar-refractivity contribution is -0.243. The summed E-state index contributed by atoms with van der Waals surface area (Å²) >= 11 is 0. The predicted octanol–water partition coefficient (Wildman–Crippen LogP) is 0.568. The lowest BCUT2D eigenvalue weighted by Crippen LogP contribution is -2.65. The number of carboxylic acids is 1. The van der Waals surface area contributed by atoms with Crippen LogP contribution < -0.4 is 10.0 Å². The van der Waals surface area contributed by atoms with E-state index in [9.17, 15) is 38.4 Å². The molecule has 1 fully saturated rings. The van der Waals surface area contributed by atoms with E-state index in [1.54, 1.807) is 18.2 Å². The number of sulfonamides is 1. The van der Waals surface area contributed by atoms with E-state index >= 15 is 0 Å². The molecule has 0 bridgehead atoms. The van der Waals surface area contributed by atoms with Gasteiger partial charge < -0.3 is 30.5 Å². The van der Waals surface area contributed by atoms with Crippen molar-refractivity contribution in [1.29, 1.82) is 0 Å². The molecule has 1 amide bonds. The molecule has 6 N–H and O–H groups in total. The molecule has 4 rings (SSSR count). The van der Waals surface area contributed by atoms with E-state index in [0.29, 0.717) is 0 Å². The van der Waals surface area contributed by atoms with Crippen molar-refractivity contribution >= 4 is 21.9 Å². The Labute approximate surface area is 218 Å². The Balaban J connectivity index is 1.42. The normalized spacial score (nSPS) is 23.5. The summed E-state index contributed by atoms with van der Waals surface area (Å²) in [6.45, 7) is -0.592. The number of hydrogen-bond acceptors (Lipinski definition) is 8. The third kappa shape index (κ3) is 5.91. The fraction of sp³-hybridized carbons (Fsp3) is 0.231. The van der Waals surface area contributed by atoms with Crippen molar-refractivity contribution in [3.8, 4) is 11.1 Å². The van der Waals surface area contributed by atoms with Gasteiger partial charge in [0.25, 0.3) is 5.91 Å². The summed E-state index contributed by atoms with van der Waals surface area (Å²) in [7, 11) is -4.34. The van der Waals surface area contributed by atoms with E-state index < -0.39 is 69.5 Å². The molecule has 1 saturated heterocycles. The summed E-state index contributed by atoms with van der Waals surface area (Å²) in [4.78, 5) is 23.7. The first-order chi connectivity index (χ1) is 18.1. The monoisotopic (exact) mass is 542 g/mol. The highest BCUT2D eigenvalue weighted by Gasteiger charge is 2.45. The van der Waals surface area contributed by atoms with Crippen molar-refractivity contribution in [3.63, 3.8) is 0 Å². The number of aromatic carboxylic acids is 1. The van der Waals surface area contributed by atoms with Gasteiger partial charge in [0.2, 0.25) is 10.0 Å². The molecular weight excluding hydrogens is 516 g/mol. The van der Waals surface area contributed by atoms with Crippen LogP contribution >= 0.6 is 0 Å². The largest absolute Gasteiger partial charge is 0.478 e. The van der Waals surface area contributed by atoms with E-state index in [1.165, 1.54) is 12.1 Å². The SMILES string of the molecule is O=C(N[C@H]1C(O)O[C@H](CNS(=O)(=O)c2ccccc2C(=O)O)[C@@H](O)[C@@H]1O)c1cccc(-c2ccccc2)c1. The van der Waals surface area contributed by atoms with Gasteiger partial charge in [-0.05, 0) is 35.4 Å². The number of amides is 1. The van der Waals surface area contributed by atoms with Gasteiger partial charge in [-0.2, -0.15) is 0 Å². The Morgan fingerprint density at radius 2 is 1.50 bits per heavy atom. The highest BCUT2D eigenvalue weighted by molar-refractivity contribution is 7.89. The van der Waals surface area contributed by atoms with Crippen molar-refractivity contribution in [2.24, 2.45) is 0 Å². The second-order valence-corrected chi connectivity index (χ2v) is 10.4. The molecule has 1 aliphatic heterocycles. The maximum Gasteiger partial charge on any atom is 0.337 e. The van der Waals surface area contributed by atoms with E-state index in [-0.39, 0.29) is 5.56 Å². The zero-order chi connectivity index (χ0) is 27.4. The van der Waals surface area contributed by atoms with Crippen LogP contribution in [0.15, 0.2) is 83.8 Å². The summed E-state index contributed by atoms with van der Waals surface area (Å²) in [6.07, 6.45) is -6.59. The number of ether oxygens (including phenoxy) is 1. The second-order valence-electron chi connectivity index (χ2n) is 8.65. The molecule has 3 aromatic rings. The van der Waals surface area contributed by atoms with Gasteiger partial charge in [-0.15, -0.1) is 0 Å². The Bertz CT molecular complexity index is 1410. The van der Waals surface area contributed by atoms with Gasteiger partial charge in [0.15, 0.2) is 6.29 Å². The van der Waals surface area contributed by atoms with Crippen LogP contribution in [0.2, 0.25) is 0 Å². The van der Waals surface area contributed by atoms with Gasteiger partial charge in [-0.1, -0.05) is 54.6 Å². The number of hydrogen-bond donors (Lipinski definition) is 6.